The Labute approximate surface area is 141 Å². The topological polar surface area (TPSA) is 33.1 Å². The fourth-order valence-corrected chi connectivity index (χ4v) is 4.32. The molecule has 0 saturated heterocycles. The van der Waals surface area contributed by atoms with Crippen molar-refractivity contribution in [3.05, 3.63) is 46.4 Å². The number of hydrogen-bond donors (Lipinski definition) is 1. The molecule has 23 heavy (non-hydrogen) atoms. The van der Waals surface area contributed by atoms with E-state index in [9.17, 15) is 18.3 Å². The quantitative estimate of drug-likeness (QED) is 0.761. The molecule has 0 radical (unpaired) electrons. The van der Waals surface area contributed by atoms with E-state index in [0.29, 0.717) is 10.6 Å². The van der Waals surface area contributed by atoms with Crippen molar-refractivity contribution in [1.29, 1.82) is 0 Å². The van der Waals surface area contributed by atoms with Crippen LogP contribution in [-0.2, 0) is 11.8 Å². The van der Waals surface area contributed by atoms with Gasteiger partial charge in [-0.15, -0.1) is 23.1 Å². The molecule has 0 aliphatic heterocycles. The molecule has 126 valence electrons. The average molecular weight is 361 g/mol. The van der Waals surface area contributed by atoms with Gasteiger partial charge in [-0.25, -0.2) is 0 Å². The molecule has 0 aliphatic carbocycles. The molecule has 1 aromatic heterocycles. The fraction of sp³-hybridized carbons (Fsp3) is 0.438. The standard InChI is InChI=1S/C16H18F3NOS2/c1-14(2,3)15(21,13-8-20-10-23-13)9-22-12-6-4-11(5-7-12)16(17,18)19/h4-8,10,21H,9H2,1-3H3. The van der Waals surface area contributed by atoms with Crippen LogP contribution in [0.1, 0.15) is 31.2 Å². The zero-order valence-corrected chi connectivity index (χ0v) is 14.6. The summed E-state index contributed by atoms with van der Waals surface area (Å²) < 4.78 is 37.8. The van der Waals surface area contributed by atoms with Crippen molar-refractivity contribution in [2.24, 2.45) is 5.41 Å². The second-order valence-electron chi connectivity index (χ2n) is 6.29. The summed E-state index contributed by atoms with van der Waals surface area (Å²) >= 11 is 2.71. The Bertz CT molecular complexity index is 633. The van der Waals surface area contributed by atoms with E-state index in [-0.39, 0.29) is 0 Å². The number of benzene rings is 1. The Hall–Kier alpha value is -1.05. The molecular formula is C16H18F3NOS2. The Morgan fingerprint density at radius 3 is 2.17 bits per heavy atom. The van der Waals surface area contributed by atoms with Crippen molar-refractivity contribution >= 4 is 23.1 Å². The molecule has 2 nitrogen and oxygen atoms in total. The van der Waals surface area contributed by atoms with Crippen LogP contribution in [0.25, 0.3) is 0 Å². The normalized spacial score (nSPS) is 15.4. The minimum Gasteiger partial charge on any atom is -0.383 e. The number of thioether (sulfide) groups is 1. The molecule has 1 aromatic carbocycles. The van der Waals surface area contributed by atoms with Gasteiger partial charge in [0.15, 0.2) is 0 Å². The molecule has 0 amide bonds. The first-order chi connectivity index (χ1) is 10.5. The zero-order valence-electron chi connectivity index (χ0n) is 13.0. The molecule has 2 aromatic rings. The highest BCUT2D eigenvalue weighted by molar-refractivity contribution is 7.99. The molecule has 1 N–H and O–H groups in total. The molecule has 1 heterocycles. The number of alkyl halides is 3. The number of rotatable bonds is 4. The summed E-state index contributed by atoms with van der Waals surface area (Å²) in [5.74, 6) is 0.337. The summed E-state index contributed by atoms with van der Waals surface area (Å²) in [5.41, 5.74) is -0.551. The van der Waals surface area contributed by atoms with Gasteiger partial charge in [0, 0.05) is 16.8 Å². The maximum absolute atomic E-state index is 12.6. The third-order valence-electron chi connectivity index (χ3n) is 3.71. The van der Waals surface area contributed by atoms with E-state index in [0.717, 1.165) is 17.0 Å². The van der Waals surface area contributed by atoms with Crippen molar-refractivity contribution in [2.75, 3.05) is 5.75 Å². The summed E-state index contributed by atoms with van der Waals surface area (Å²) in [6.07, 6.45) is -2.69. The van der Waals surface area contributed by atoms with Crippen molar-refractivity contribution in [2.45, 2.75) is 37.4 Å². The van der Waals surface area contributed by atoms with Crippen LogP contribution in [0.15, 0.2) is 40.9 Å². The minimum absolute atomic E-state index is 0.337. The van der Waals surface area contributed by atoms with Crippen LogP contribution in [0.5, 0.6) is 0 Å². The number of nitrogens with zero attached hydrogens (tertiary/aromatic N) is 1. The van der Waals surface area contributed by atoms with Crippen molar-refractivity contribution in [1.82, 2.24) is 4.98 Å². The van der Waals surface area contributed by atoms with Gasteiger partial charge in [0.25, 0.3) is 0 Å². The third kappa shape index (κ3) is 4.08. The highest BCUT2D eigenvalue weighted by Gasteiger charge is 2.43. The lowest BCUT2D eigenvalue weighted by molar-refractivity contribution is -0.137. The monoisotopic (exact) mass is 361 g/mol. The summed E-state index contributed by atoms with van der Waals surface area (Å²) in [4.78, 5) is 5.46. The Balaban J connectivity index is 2.17. The first-order valence-corrected chi connectivity index (χ1v) is 8.82. The van der Waals surface area contributed by atoms with Crippen LogP contribution < -0.4 is 0 Å². The number of halogens is 3. The molecule has 0 bridgehead atoms. The molecule has 1 unspecified atom stereocenters. The molecule has 0 saturated carbocycles. The molecule has 0 fully saturated rings. The van der Waals surface area contributed by atoms with Crippen molar-refractivity contribution < 1.29 is 18.3 Å². The van der Waals surface area contributed by atoms with Crippen molar-refractivity contribution in [3.8, 4) is 0 Å². The Kier molecular flexibility index (Phi) is 5.13. The van der Waals surface area contributed by atoms with E-state index in [2.05, 4.69) is 4.98 Å². The lowest BCUT2D eigenvalue weighted by atomic mass is 9.77. The molecule has 1 atom stereocenters. The number of thiazole rings is 1. The maximum Gasteiger partial charge on any atom is 0.416 e. The van der Waals surface area contributed by atoms with Crippen LogP contribution >= 0.6 is 23.1 Å². The van der Waals surface area contributed by atoms with Gasteiger partial charge in [0.2, 0.25) is 0 Å². The summed E-state index contributed by atoms with van der Waals surface area (Å²) in [6, 6.07) is 4.99. The summed E-state index contributed by atoms with van der Waals surface area (Å²) in [6.45, 7) is 5.79. The summed E-state index contributed by atoms with van der Waals surface area (Å²) in [5, 5.41) is 11.1. The lowest BCUT2D eigenvalue weighted by Gasteiger charge is -2.39. The average Bonchev–Trinajstić information content (AvgIpc) is 2.97. The highest BCUT2D eigenvalue weighted by Crippen LogP contribution is 2.44. The van der Waals surface area contributed by atoms with E-state index < -0.39 is 22.8 Å². The largest absolute Gasteiger partial charge is 0.416 e. The van der Waals surface area contributed by atoms with Gasteiger partial charge < -0.3 is 5.11 Å². The molecular weight excluding hydrogens is 343 g/mol. The van der Waals surface area contributed by atoms with E-state index >= 15 is 0 Å². The van der Waals surface area contributed by atoms with Crippen LogP contribution in [0.2, 0.25) is 0 Å². The second-order valence-corrected chi connectivity index (χ2v) is 8.22. The van der Waals surface area contributed by atoms with Crippen LogP contribution in [0.4, 0.5) is 13.2 Å². The number of hydrogen-bond acceptors (Lipinski definition) is 4. The first kappa shape index (κ1) is 18.3. The SMILES string of the molecule is CC(C)(C)C(O)(CSc1ccc(C(F)(F)F)cc1)c1cncs1. The minimum atomic E-state index is -4.34. The second kappa shape index (κ2) is 6.45. The molecule has 2 rings (SSSR count). The van der Waals surface area contributed by atoms with Gasteiger partial charge in [-0.3, -0.25) is 4.98 Å². The number of aromatic nitrogens is 1. The fourth-order valence-electron chi connectivity index (χ4n) is 2.01. The zero-order chi connectivity index (χ0) is 17.3. The predicted molar refractivity (Wildman–Crippen MR) is 87.6 cm³/mol. The van der Waals surface area contributed by atoms with Crippen LogP contribution in [0.3, 0.4) is 0 Å². The predicted octanol–water partition coefficient (Wildman–Crippen LogP) is 5.19. The van der Waals surface area contributed by atoms with Gasteiger partial charge >= 0.3 is 6.18 Å². The van der Waals surface area contributed by atoms with Gasteiger partial charge in [0.05, 0.1) is 16.0 Å². The first-order valence-electron chi connectivity index (χ1n) is 6.95. The smallest absolute Gasteiger partial charge is 0.383 e. The van der Waals surface area contributed by atoms with Gasteiger partial charge in [0.1, 0.15) is 5.60 Å². The summed E-state index contributed by atoms with van der Waals surface area (Å²) in [7, 11) is 0. The molecule has 0 spiro atoms. The molecule has 7 heteroatoms. The van der Waals surface area contributed by atoms with Crippen molar-refractivity contribution in [3.63, 3.8) is 0 Å². The number of aliphatic hydroxyl groups is 1. The Morgan fingerprint density at radius 1 is 1.13 bits per heavy atom. The highest BCUT2D eigenvalue weighted by atomic mass is 32.2. The third-order valence-corrected chi connectivity index (χ3v) is 5.80. The van der Waals surface area contributed by atoms with E-state index in [1.54, 1.807) is 11.7 Å². The van der Waals surface area contributed by atoms with Gasteiger partial charge in [-0.05, 0) is 29.7 Å². The van der Waals surface area contributed by atoms with Crippen LogP contribution in [-0.4, -0.2) is 15.8 Å². The van der Waals surface area contributed by atoms with Gasteiger partial charge in [-0.1, -0.05) is 20.8 Å². The lowest BCUT2D eigenvalue weighted by Crippen LogP contribution is -2.41. The molecule has 0 aliphatic rings. The van der Waals surface area contributed by atoms with E-state index in [1.165, 1.54) is 35.2 Å². The van der Waals surface area contributed by atoms with Gasteiger partial charge in [-0.2, -0.15) is 13.2 Å². The van der Waals surface area contributed by atoms with Crippen LogP contribution in [0, 0.1) is 5.41 Å². The Morgan fingerprint density at radius 2 is 1.74 bits per heavy atom. The maximum atomic E-state index is 12.6. The van der Waals surface area contributed by atoms with E-state index in [1.807, 2.05) is 20.8 Å². The van der Waals surface area contributed by atoms with E-state index in [4.69, 9.17) is 0 Å².